The highest BCUT2D eigenvalue weighted by Crippen LogP contribution is 2.37. The van der Waals surface area contributed by atoms with Crippen LogP contribution < -0.4 is 0 Å². The van der Waals surface area contributed by atoms with Crippen molar-refractivity contribution in [3.63, 3.8) is 0 Å². The minimum absolute atomic E-state index is 0.00431. The molecule has 0 aromatic heterocycles. The van der Waals surface area contributed by atoms with Crippen LogP contribution in [0.25, 0.3) is 10.8 Å². The zero-order valence-corrected chi connectivity index (χ0v) is 14.1. The smallest absolute Gasteiger partial charge is 0.174 e. The average molecular weight is 308 g/mol. The first-order chi connectivity index (χ1) is 11.0. The molecule has 120 valence electrons. The van der Waals surface area contributed by atoms with Crippen molar-refractivity contribution >= 4 is 22.3 Å². The molecule has 1 saturated carbocycles. The highest BCUT2D eigenvalue weighted by atomic mass is 16.2. The number of benzene rings is 2. The number of rotatable bonds is 3. The summed E-state index contributed by atoms with van der Waals surface area (Å²) in [6.45, 7) is 6.21. The fraction of sp³-hybridized carbons (Fsp3) is 0.429. The molecule has 23 heavy (non-hydrogen) atoms. The first-order valence-corrected chi connectivity index (χ1v) is 8.56. The van der Waals surface area contributed by atoms with Crippen LogP contribution in [0.3, 0.4) is 0 Å². The molecule has 1 aliphatic rings. The fourth-order valence-corrected chi connectivity index (χ4v) is 3.92. The van der Waals surface area contributed by atoms with E-state index in [2.05, 4.69) is 13.8 Å². The van der Waals surface area contributed by atoms with Gasteiger partial charge < -0.3 is 0 Å². The van der Waals surface area contributed by atoms with E-state index >= 15 is 0 Å². The molecule has 0 heterocycles. The van der Waals surface area contributed by atoms with E-state index in [0.29, 0.717) is 11.5 Å². The third kappa shape index (κ3) is 2.83. The van der Waals surface area contributed by atoms with Crippen LogP contribution in [0.5, 0.6) is 0 Å². The monoisotopic (exact) mass is 308 g/mol. The van der Waals surface area contributed by atoms with E-state index in [0.717, 1.165) is 23.6 Å². The molecular weight excluding hydrogens is 284 g/mol. The van der Waals surface area contributed by atoms with Crippen LogP contribution in [0.15, 0.2) is 42.5 Å². The lowest BCUT2D eigenvalue weighted by atomic mass is 9.68. The Balaban J connectivity index is 2.02. The standard InChI is InChI=1S/C21H24O2/c1-13(2)16-12-11-14(3)19(20(16)22)21(23)18-10-6-8-15-7-4-5-9-17(15)18/h4-10,13-14,16,19H,11-12H2,1-3H3. The molecule has 1 aliphatic carbocycles. The molecule has 2 aromatic carbocycles. The van der Waals surface area contributed by atoms with E-state index < -0.39 is 5.92 Å². The molecular formula is C21H24O2. The lowest BCUT2D eigenvalue weighted by molar-refractivity contribution is -0.130. The van der Waals surface area contributed by atoms with E-state index in [-0.39, 0.29) is 23.4 Å². The highest BCUT2D eigenvalue weighted by molar-refractivity contribution is 6.17. The molecule has 2 heteroatoms. The molecule has 2 aromatic rings. The van der Waals surface area contributed by atoms with Gasteiger partial charge in [0.2, 0.25) is 0 Å². The van der Waals surface area contributed by atoms with E-state index in [1.165, 1.54) is 0 Å². The molecule has 0 spiro atoms. The van der Waals surface area contributed by atoms with Gasteiger partial charge in [0.15, 0.2) is 5.78 Å². The predicted molar refractivity (Wildman–Crippen MR) is 93.5 cm³/mol. The second-order valence-electron chi connectivity index (χ2n) is 7.18. The van der Waals surface area contributed by atoms with Crippen molar-refractivity contribution in [2.24, 2.45) is 23.7 Å². The van der Waals surface area contributed by atoms with E-state index in [9.17, 15) is 9.59 Å². The van der Waals surface area contributed by atoms with Gasteiger partial charge in [-0.2, -0.15) is 0 Å². The van der Waals surface area contributed by atoms with Gasteiger partial charge in [0.05, 0.1) is 5.92 Å². The van der Waals surface area contributed by atoms with Crippen molar-refractivity contribution in [1.82, 2.24) is 0 Å². The Morgan fingerprint density at radius 3 is 2.48 bits per heavy atom. The maximum Gasteiger partial charge on any atom is 0.174 e. The quantitative estimate of drug-likeness (QED) is 0.596. The van der Waals surface area contributed by atoms with E-state index in [4.69, 9.17) is 0 Å². The number of ketones is 2. The zero-order valence-electron chi connectivity index (χ0n) is 14.1. The molecule has 3 unspecified atom stereocenters. The van der Waals surface area contributed by atoms with E-state index in [1.807, 2.05) is 49.4 Å². The maximum absolute atomic E-state index is 13.2. The molecule has 0 bridgehead atoms. The van der Waals surface area contributed by atoms with Crippen molar-refractivity contribution in [3.05, 3.63) is 48.0 Å². The van der Waals surface area contributed by atoms with Crippen molar-refractivity contribution in [3.8, 4) is 0 Å². The number of carbonyl (C=O) groups is 2. The summed E-state index contributed by atoms with van der Waals surface area (Å²) in [5.74, 6) is 0.125. The third-order valence-corrected chi connectivity index (χ3v) is 5.32. The second kappa shape index (κ2) is 6.27. The van der Waals surface area contributed by atoms with Gasteiger partial charge in [0.1, 0.15) is 5.78 Å². The Bertz CT molecular complexity index is 739. The van der Waals surface area contributed by atoms with Gasteiger partial charge in [-0.25, -0.2) is 0 Å². The Hall–Kier alpha value is -1.96. The Morgan fingerprint density at radius 1 is 1.04 bits per heavy atom. The summed E-state index contributed by atoms with van der Waals surface area (Å²) < 4.78 is 0. The van der Waals surface area contributed by atoms with Gasteiger partial charge in [0.25, 0.3) is 0 Å². The van der Waals surface area contributed by atoms with E-state index in [1.54, 1.807) is 0 Å². The summed E-state index contributed by atoms with van der Waals surface area (Å²) in [6.07, 6.45) is 1.87. The lowest BCUT2D eigenvalue weighted by Gasteiger charge is -2.34. The number of hydrogen-bond donors (Lipinski definition) is 0. The van der Waals surface area contributed by atoms with Crippen molar-refractivity contribution in [1.29, 1.82) is 0 Å². The third-order valence-electron chi connectivity index (χ3n) is 5.32. The summed E-state index contributed by atoms with van der Waals surface area (Å²) in [6, 6.07) is 13.7. The minimum Gasteiger partial charge on any atom is -0.299 e. The Labute approximate surface area is 137 Å². The van der Waals surface area contributed by atoms with Crippen molar-refractivity contribution < 1.29 is 9.59 Å². The number of carbonyl (C=O) groups excluding carboxylic acids is 2. The maximum atomic E-state index is 13.2. The van der Waals surface area contributed by atoms with Gasteiger partial charge in [-0.05, 0) is 35.4 Å². The van der Waals surface area contributed by atoms with Gasteiger partial charge in [-0.3, -0.25) is 9.59 Å². The van der Waals surface area contributed by atoms with Crippen LogP contribution >= 0.6 is 0 Å². The molecule has 0 N–H and O–H groups in total. The largest absolute Gasteiger partial charge is 0.299 e. The minimum atomic E-state index is -0.484. The molecule has 2 nitrogen and oxygen atoms in total. The molecule has 3 rings (SSSR count). The topological polar surface area (TPSA) is 34.1 Å². The van der Waals surface area contributed by atoms with Crippen LogP contribution in [-0.2, 0) is 4.79 Å². The first-order valence-electron chi connectivity index (χ1n) is 8.56. The Kier molecular flexibility index (Phi) is 4.34. The highest BCUT2D eigenvalue weighted by Gasteiger charge is 2.41. The van der Waals surface area contributed by atoms with Gasteiger partial charge >= 0.3 is 0 Å². The first kappa shape index (κ1) is 15.9. The summed E-state index contributed by atoms with van der Waals surface area (Å²) in [5, 5.41) is 2.00. The number of fused-ring (bicyclic) bond motifs is 1. The number of Topliss-reactive ketones (excluding diaryl/α,β-unsaturated/α-hetero) is 2. The predicted octanol–water partition coefficient (Wildman–Crippen LogP) is 4.91. The zero-order chi connectivity index (χ0) is 16.6. The van der Waals surface area contributed by atoms with Crippen LogP contribution in [-0.4, -0.2) is 11.6 Å². The van der Waals surface area contributed by atoms with Crippen LogP contribution in [0.2, 0.25) is 0 Å². The van der Waals surface area contributed by atoms with Crippen molar-refractivity contribution in [2.45, 2.75) is 33.6 Å². The molecule has 0 amide bonds. The van der Waals surface area contributed by atoms with Crippen LogP contribution in [0.4, 0.5) is 0 Å². The van der Waals surface area contributed by atoms with Gasteiger partial charge in [-0.15, -0.1) is 0 Å². The summed E-state index contributed by atoms with van der Waals surface area (Å²) in [7, 11) is 0. The number of hydrogen-bond acceptors (Lipinski definition) is 2. The summed E-state index contributed by atoms with van der Waals surface area (Å²) in [4.78, 5) is 26.1. The summed E-state index contributed by atoms with van der Waals surface area (Å²) in [5.41, 5.74) is 0.692. The molecule has 1 fully saturated rings. The molecule has 0 aliphatic heterocycles. The molecule has 3 atom stereocenters. The summed E-state index contributed by atoms with van der Waals surface area (Å²) >= 11 is 0. The average Bonchev–Trinajstić information content (AvgIpc) is 2.53. The van der Waals surface area contributed by atoms with Gasteiger partial charge in [0, 0.05) is 11.5 Å². The SMILES string of the molecule is CC(C)C1CCC(C)C(C(=O)c2cccc3ccccc23)C1=O. The normalized spacial score (nSPS) is 25.0. The van der Waals surface area contributed by atoms with Crippen LogP contribution in [0, 0.1) is 23.7 Å². The molecule has 0 radical (unpaired) electrons. The molecule has 0 saturated heterocycles. The Morgan fingerprint density at radius 2 is 1.74 bits per heavy atom. The fourth-order valence-electron chi connectivity index (χ4n) is 3.92. The van der Waals surface area contributed by atoms with Crippen LogP contribution in [0.1, 0.15) is 44.0 Å². The second-order valence-corrected chi connectivity index (χ2v) is 7.18. The lowest BCUT2D eigenvalue weighted by Crippen LogP contribution is -2.41. The van der Waals surface area contributed by atoms with Crippen molar-refractivity contribution in [2.75, 3.05) is 0 Å². The van der Waals surface area contributed by atoms with Gasteiger partial charge in [-0.1, -0.05) is 63.2 Å².